The van der Waals surface area contributed by atoms with Gasteiger partial charge < -0.3 is 0 Å². The lowest BCUT2D eigenvalue weighted by Gasteiger charge is -2.05. The van der Waals surface area contributed by atoms with Crippen molar-refractivity contribution in [1.29, 1.82) is 0 Å². The summed E-state index contributed by atoms with van der Waals surface area (Å²) in [5.74, 6) is 0. The van der Waals surface area contributed by atoms with Gasteiger partial charge in [0, 0.05) is 0 Å². The number of rotatable bonds is 36. The Balaban J connectivity index is 3.07. The van der Waals surface area contributed by atoms with Crippen LogP contribution in [0.25, 0.3) is 0 Å². The van der Waals surface area contributed by atoms with Crippen LogP contribution in [0, 0.1) is 0 Å². The molecule has 0 heteroatoms. The normalized spacial score (nSPS) is 12.1. The van der Waals surface area contributed by atoms with E-state index < -0.39 is 0 Å². The van der Waals surface area contributed by atoms with Crippen LogP contribution in [0.4, 0.5) is 0 Å². The zero-order chi connectivity index (χ0) is 30.3. The van der Waals surface area contributed by atoms with E-state index in [9.17, 15) is 0 Å². The van der Waals surface area contributed by atoms with Crippen molar-refractivity contribution < 1.29 is 0 Å². The quantitative estimate of drug-likeness (QED) is 0.0507. The number of hydrogen-bond acceptors (Lipinski definition) is 0. The smallest absolute Gasteiger partial charge is 0.0348 e. The maximum Gasteiger partial charge on any atom is -0.0348 e. The summed E-state index contributed by atoms with van der Waals surface area (Å²) in [5.41, 5.74) is 0. The molecular weight excluding hydrogens is 504 g/mol. The summed E-state index contributed by atoms with van der Waals surface area (Å²) in [6.07, 6.45) is 62.6. The highest BCUT2D eigenvalue weighted by molar-refractivity contribution is 5.10. The topological polar surface area (TPSA) is 0 Å². The van der Waals surface area contributed by atoms with Crippen molar-refractivity contribution in [3.8, 4) is 0 Å². The predicted molar refractivity (Wildman–Crippen MR) is 196 cm³/mol. The molecule has 0 saturated heterocycles. The Kier molecular flexibility index (Phi) is 39.5. The molecule has 0 spiro atoms. The van der Waals surface area contributed by atoms with E-state index >= 15 is 0 Å². The molecule has 0 bridgehead atoms. The van der Waals surface area contributed by atoms with Gasteiger partial charge in [-0.05, 0) is 19.8 Å². The van der Waals surface area contributed by atoms with Crippen LogP contribution in [0.3, 0.4) is 0 Å². The van der Waals surface area contributed by atoms with Gasteiger partial charge in [-0.1, -0.05) is 249 Å². The van der Waals surface area contributed by atoms with E-state index in [4.69, 9.17) is 0 Å². The van der Waals surface area contributed by atoms with Gasteiger partial charge in [0.05, 0.1) is 0 Å². The van der Waals surface area contributed by atoms with Gasteiger partial charge in [0.15, 0.2) is 0 Å². The van der Waals surface area contributed by atoms with Crippen molar-refractivity contribution in [2.45, 2.75) is 232 Å². The van der Waals surface area contributed by atoms with E-state index in [2.05, 4.69) is 50.3 Å². The van der Waals surface area contributed by atoms with Crippen molar-refractivity contribution in [2.75, 3.05) is 0 Å². The summed E-state index contributed by atoms with van der Waals surface area (Å²) in [6.45, 7) is 4.36. The molecule has 0 aromatic heterocycles. The highest BCUT2D eigenvalue weighted by Gasteiger charge is 1.97. The third-order valence-electron chi connectivity index (χ3n) is 9.14. The molecule has 248 valence electrons. The fraction of sp³-hybridized carbons (Fsp3) is 0.857. The molecule has 0 amide bonds. The minimum absolute atomic E-state index is 1.24. The summed E-state index contributed by atoms with van der Waals surface area (Å²) < 4.78 is 0. The largest absolute Gasteiger partial charge is 0.0877 e. The average molecular weight is 585 g/mol. The summed E-state index contributed by atoms with van der Waals surface area (Å²) in [4.78, 5) is 0. The van der Waals surface area contributed by atoms with Crippen molar-refractivity contribution in [1.82, 2.24) is 0 Å². The van der Waals surface area contributed by atoms with Crippen molar-refractivity contribution in [2.24, 2.45) is 0 Å². The second-order valence-electron chi connectivity index (χ2n) is 13.4. The van der Waals surface area contributed by atoms with Gasteiger partial charge in [0.2, 0.25) is 0 Å². The lowest BCUT2D eigenvalue weighted by Crippen LogP contribution is -1.85. The molecule has 42 heavy (non-hydrogen) atoms. The van der Waals surface area contributed by atoms with Gasteiger partial charge in [-0.3, -0.25) is 0 Å². The Labute approximate surface area is 268 Å². The molecule has 0 nitrogen and oxygen atoms in total. The van der Waals surface area contributed by atoms with Crippen LogP contribution in [0.2, 0.25) is 0 Å². The van der Waals surface area contributed by atoms with Crippen molar-refractivity contribution in [3.05, 3.63) is 36.5 Å². The van der Waals surface area contributed by atoms with E-state index in [0.717, 1.165) is 0 Å². The molecule has 0 unspecified atom stereocenters. The maximum absolute atomic E-state index is 2.31. The van der Waals surface area contributed by atoms with Crippen LogP contribution in [-0.4, -0.2) is 0 Å². The van der Waals surface area contributed by atoms with Crippen LogP contribution in [0.1, 0.15) is 232 Å². The monoisotopic (exact) mass is 585 g/mol. The number of unbranched alkanes of at least 4 members (excludes halogenated alkanes) is 33. The molecule has 0 radical (unpaired) electrons. The highest BCUT2D eigenvalue weighted by atomic mass is 14.0. The molecule has 0 aliphatic heterocycles. The van der Waals surface area contributed by atoms with Crippen LogP contribution in [0.5, 0.6) is 0 Å². The van der Waals surface area contributed by atoms with Gasteiger partial charge in [-0.2, -0.15) is 0 Å². The number of hydrogen-bond donors (Lipinski definition) is 0. The number of allylic oxidation sites excluding steroid dienone is 6. The third kappa shape index (κ3) is 39.2. The molecule has 0 aliphatic rings. The molecule has 0 rings (SSSR count). The average Bonchev–Trinajstić information content (AvgIpc) is 3.00. The molecule has 0 N–H and O–H groups in total. The predicted octanol–water partition coefficient (Wildman–Crippen LogP) is 16.0. The standard InChI is InChI=1S/C42H80/c1-3-5-7-9-11-13-15-17-19-21-23-25-27-29-31-33-35-37-39-41-42-40-38-36-34-32-30-28-26-24-22-20-18-16-14-12-10-8-6-4-2/h3,5,7,9,11,13H,4,6,8,10,12,14-42H2,1-2H3. The fourth-order valence-electron chi connectivity index (χ4n) is 6.23. The first-order valence-corrected chi connectivity index (χ1v) is 19.9. The third-order valence-corrected chi connectivity index (χ3v) is 9.14. The lowest BCUT2D eigenvalue weighted by molar-refractivity contribution is 0.511. The van der Waals surface area contributed by atoms with Crippen LogP contribution in [0.15, 0.2) is 36.5 Å². The first kappa shape index (κ1) is 41.2. The Morgan fingerprint density at radius 2 is 0.500 bits per heavy atom. The molecule has 0 heterocycles. The molecule has 0 atom stereocenters. The Hall–Kier alpha value is -0.780. The summed E-state index contributed by atoms with van der Waals surface area (Å²) in [5, 5.41) is 0. The maximum atomic E-state index is 2.31. The van der Waals surface area contributed by atoms with Gasteiger partial charge in [0.25, 0.3) is 0 Å². The molecule has 0 saturated carbocycles. The summed E-state index contributed by atoms with van der Waals surface area (Å²) >= 11 is 0. The van der Waals surface area contributed by atoms with E-state index in [1.807, 2.05) is 0 Å². The zero-order valence-corrected chi connectivity index (χ0v) is 29.5. The second kappa shape index (κ2) is 40.2. The first-order chi connectivity index (χ1) is 20.9. The van der Waals surface area contributed by atoms with Gasteiger partial charge in [-0.15, -0.1) is 0 Å². The Morgan fingerprint density at radius 3 is 0.762 bits per heavy atom. The summed E-state index contributed by atoms with van der Waals surface area (Å²) in [6, 6.07) is 0. The van der Waals surface area contributed by atoms with E-state index in [1.54, 1.807) is 0 Å². The van der Waals surface area contributed by atoms with Gasteiger partial charge in [-0.25, -0.2) is 0 Å². The van der Waals surface area contributed by atoms with Crippen LogP contribution < -0.4 is 0 Å². The van der Waals surface area contributed by atoms with E-state index in [0.29, 0.717) is 0 Å². The SMILES string of the molecule is CC=CC=CC=CCCCCCCCCCCCCCCCCCCCCCCCCCCCCCCCCCCC. The van der Waals surface area contributed by atoms with Crippen LogP contribution in [-0.2, 0) is 0 Å². The van der Waals surface area contributed by atoms with E-state index in [-0.39, 0.29) is 0 Å². The molecule has 0 aromatic carbocycles. The zero-order valence-electron chi connectivity index (χ0n) is 29.5. The van der Waals surface area contributed by atoms with Crippen LogP contribution >= 0.6 is 0 Å². The molecule has 0 aromatic rings. The van der Waals surface area contributed by atoms with Crippen molar-refractivity contribution in [3.63, 3.8) is 0 Å². The molecular formula is C42H80. The molecule has 0 fully saturated rings. The highest BCUT2D eigenvalue weighted by Crippen LogP contribution is 2.17. The lowest BCUT2D eigenvalue weighted by atomic mass is 10.0. The first-order valence-electron chi connectivity index (χ1n) is 19.9. The minimum Gasteiger partial charge on any atom is -0.0877 e. The summed E-state index contributed by atoms with van der Waals surface area (Å²) in [7, 11) is 0. The Bertz CT molecular complexity index is 538. The Morgan fingerprint density at radius 1 is 0.262 bits per heavy atom. The van der Waals surface area contributed by atoms with Gasteiger partial charge in [0.1, 0.15) is 0 Å². The van der Waals surface area contributed by atoms with Crippen molar-refractivity contribution >= 4 is 0 Å². The molecule has 0 aliphatic carbocycles. The van der Waals surface area contributed by atoms with E-state index in [1.165, 1.54) is 218 Å². The second-order valence-corrected chi connectivity index (χ2v) is 13.4. The van der Waals surface area contributed by atoms with Gasteiger partial charge >= 0.3 is 0 Å². The minimum atomic E-state index is 1.24. The fourth-order valence-corrected chi connectivity index (χ4v) is 6.23.